The van der Waals surface area contributed by atoms with E-state index in [1.165, 1.54) is 0 Å². The molecular formula is C24H23N3O5. The Morgan fingerprint density at radius 2 is 1.97 bits per heavy atom. The molecular weight excluding hydrogens is 410 g/mol. The fraction of sp³-hybridized carbons (Fsp3) is 0.292. The summed E-state index contributed by atoms with van der Waals surface area (Å²) in [5.41, 5.74) is 1.58. The molecule has 2 aliphatic heterocycles. The van der Waals surface area contributed by atoms with Crippen LogP contribution in [0, 0.1) is 13.8 Å². The second kappa shape index (κ2) is 7.40. The van der Waals surface area contributed by atoms with Gasteiger partial charge in [0, 0.05) is 28.9 Å². The second-order valence-corrected chi connectivity index (χ2v) is 8.19. The summed E-state index contributed by atoms with van der Waals surface area (Å²) in [6.45, 7) is 4.25. The zero-order valence-electron chi connectivity index (χ0n) is 17.9. The number of aryl methyl sites for hydroxylation is 1. The number of benzene rings is 1. The molecule has 3 amide bonds. The average molecular weight is 433 g/mol. The molecule has 2 aliphatic rings. The minimum Gasteiger partial charge on any atom is -0.493 e. The fourth-order valence-corrected chi connectivity index (χ4v) is 4.63. The molecule has 0 bridgehead atoms. The first kappa shape index (κ1) is 20.1. The van der Waals surface area contributed by atoms with Crippen LogP contribution < -0.4 is 10.1 Å². The Balaban J connectivity index is 1.40. The number of ketones is 1. The van der Waals surface area contributed by atoms with E-state index in [0.29, 0.717) is 36.4 Å². The standard InChI is InChI=1S/C24H23N3O5/c1-15-12-18(16(2)26(15)13-17-6-5-10-31-17)20(28)14-27-22(29)24(25-23(27)30)9-11-32-21-8-4-3-7-19(21)24/h3-8,10,12H,9,11,13-14H2,1-2H3,(H,25,30). The fourth-order valence-electron chi connectivity index (χ4n) is 4.63. The zero-order valence-corrected chi connectivity index (χ0v) is 17.9. The molecule has 1 spiro atoms. The Bertz CT molecular complexity index is 1230. The molecule has 5 rings (SSSR count). The monoisotopic (exact) mass is 433 g/mol. The van der Waals surface area contributed by atoms with E-state index in [9.17, 15) is 14.4 Å². The molecule has 1 saturated heterocycles. The van der Waals surface area contributed by atoms with Crippen molar-refractivity contribution in [2.24, 2.45) is 0 Å². The number of hydrogen-bond donors (Lipinski definition) is 1. The van der Waals surface area contributed by atoms with E-state index in [1.807, 2.05) is 36.6 Å². The van der Waals surface area contributed by atoms with Crippen molar-refractivity contribution in [3.05, 3.63) is 77.0 Å². The van der Waals surface area contributed by atoms with Gasteiger partial charge in [-0.3, -0.25) is 14.5 Å². The number of fused-ring (bicyclic) bond motifs is 2. The highest BCUT2D eigenvalue weighted by atomic mass is 16.5. The molecule has 1 atom stereocenters. The van der Waals surface area contributed by atoms with Crippen LogP contribution in [0.4, 0.5) is 4.79 Å². The van der Waals surface area contributed by atoms with Crippen molar-refractivity contribution in [2.75, 3.05) is 13.2 Å². The lowest BCUT2D eigenvalue weighted by Gasteiger charge is -2.33. The molecule has 0 radical (unpaired) electrons. The number of nitrogens with one attached hydrogen (secondary N) is 1. The van der Waals surface area contributed by atoms with E-state index in [-0.39, 0.29) is 12.3 Å². The minimum atomic E-state index is -1.19. The van der Waals surface area contributed by atoms with Gasteiger partial charge in [0.2, 0.25) is 0 Å². The third-order valence-corrected chi connectivity index (χ3v) is 6.33. The Morgan fingerprint density at radius 3 is 2.75 bits per heavy atom. The molecule has 164 valence electrons. The summed E-state index contributed by atoms with van der Waals surface area (Å²) in [4.78, 5) is 40.4. The van der Waals surface area contributed by atoms with Crippen LogP contribution in [0.3, 0.4) is 0 Å². The molecule has 8 nitrogen and oxygen atoms in total. The lowest BCUT2D eigenvalue weighted by atomic mass is 9.84. The van der Waals surface area contributed by atoms with Crippen LogP contribution in [0.15, 0.2) is 53.1 Å². The quantitative estimate of drug-likeness (QED) is 0.493. The number of carbonyl (C=O) groups excluding carboxylic acids is 3. The number of Topliss-reactive ketones (excluding diaryl/α,β-unsaturated/α-hetero) is 1. The summed E-state index contributed by atoms with van der Waals surface area (Å²) >= 11 is 0. The van der Waals surface area contributed by atoms with Crippen molar-refractivity contribution in [3.63, 3.8) is 0 Å². The number of rotatable bonds is 5. The van der Waals surface area contributed by atoms with E-state index in [1.54, 1.807) is 30.5 Å². The number of urea groups is 1. The van der Waals surface area contributed by atoms with Crippen LogP contribution in [0.25, 0.3) is 0 Å². The third-order valence-electron chi connectivity index (χ3n) is 6.33. The maximum absolute atomic E-state index is 13.4. The average Bonchev–Trinajstić information content (AvgIpc) is 3.46. The number of furan rings is 1. The molecule has 1 aromatic carbocycles. The third kappa shape index (κ3) is 3.02. The largest absolute Gasteiger partial charge is 0.493 e. The van der Waals surface area contributed by atoms with Gasteiger partial charge in [0.15, 0.2) is 11.3 Å². The van der Waals surface area contributed by atoms with E-state index in [2.05, 4.69) is 5.32 Å². The molecule has 8 heteroatoms. The number of hydrogen-bond acceptors (Lipinski definition) is 5. The first-order valence-electron chi connectivity index (χ1n) is 10.5. The summed E-state index contributed by atoms with van der Waals surface area (Å²) in [6, 6.07) is 12.1. The number of aromatic nitrogens is 1. The van der Waals surface area contributed by atoms with Gasteiger partial charge in [-0.15, -0.1) is 0 Å². The summed E-state index contributed by atoms with van der Waals surface area (Å²) in [6.07, 6.45) is 1.92. The van der Waals surface area contributed by atoms with E-state index < -0.39 is 17.5 Å². The molecule has 0 saturated carbocycles. The highest BCUT2D eigenvalue weighted by Crippen LogP contribution is 2.41. The molecule has 4 heterocycles. The maximum atomic E-state index is 13.4. The van der Waals surface area contributed by atoms with Crippen molar-refractivity contribution in [1.29, 1.82) is 0 Å². The maximum Gasteiger partial charge on any atom is 0.325 e. The Labute approximate surface area is 184 Å². The molecule has 3 aromatic rings. The number of ether oxygens (including phenoxy) is 1. The van der Waals surface area contributed by atoms with E-state index >= 15 is 0 Å². The molecule has 32 heavy (non-hydrogen) atoms. The van der Waals surface area contributed by atoms with Gasteiger partial charge in [-0.05, 0) is 38.1 Å². The number of imide groups is 1. The van der Waals surface area contributed by atoms with Gasteiger partial charge in [-0.25, -0.2) is 4.79 Å². The topological polar surface area (TPSA) is 93.8 Å². The number of amides is 3. The Kier molecular flexibility index (Phi) is 4.65. The van der Waals surface area contributed by atoms with Crippen LogP contribution in [0.1, 0.15) is 39.5 Å². The highest BCUT2D eigenvalue weighted by molar-refractivity contribution is 6.12. The van der Waals surface area contributed by atoms with Gasteiger partial charge in [0.1, 0.15) is 11.5 Å². The first-order chi connectivity index (χ1) is 15.4. The van der Waals surface area contributed by atoms with E-state index in [0.717, 1.165) is 22.0 Å². The Morgan fingerprint density at radius 1 is 1.16 bits per heavy atom. The number of nitrogens with zero attached hydrogens (tertiary/aromatic N) is 2. The van der Waals surface area contributed by atoms with Crippen LogP contribution in [-0.4, -0.2) is 40.3 Å². The van der Waals surface area contributed by atoms with Gasteiger partial charge in [-0.2, -0.15) is 0 Å². The van der Waals surface area contributed by atoms with Crippen LogP contribution in [-0.2, 0) is 16.9 Å². The van der Waals surface area contributed by atoms with Gasteiger partial charge in [0.05, 0.1) is 26.0 Å². The second-order valence-electron chi connectivity index (χ2n) is 8.19. The lowest BCUT2D eigenvalue weighted by Crippen LogP contribution is -2.47. The van der Waals surface area contributed by atoms with Gasteiger partial charge in [-0.1, -0.05) is 18.2 Å². The number of para-hydroxylation sites is 1. The van der Waals surface area contributed by atoms with Gasteiger partial charge in [0.25, 0.3) is 5.91 Å². The molecule has 1 unspecified atom stereocenters. The molecule has 1 N–H and O–H groups in total. The predicted octanol–water partition coefficient (Wildman–Crippen LogP) is 3.16. The summed E-state index contributed by atoms with van der Waals surface area (Å²) < 4.78 is 13.1. The normalized spacial score (nSPS) is 19.8. The van der Waals surface area contributed by atoms with Crippen molar-refractivity contribution >= 4 is 17.7 Å². The van der Waals surface area contributed by atoms with Crippen molar-refractivity contribution < 1.29 is 23.5 Å². The van der Waals surface area contributed by atoms with Crippen molar-refractivity contribution in [2.45, 2.75) is 32.4 Å². The lowest BCUT2D eigenvalue weighted by molar-refractivity contribution is -0.132. The van der Waals surface area contributed by atoms with Crippen LogP contribution >= 0.6 is 0 Å². The van der Waals surface area contributed by atoms with Gasteiger partial charge < -0.3 is 19.0 Å². The van der Waals surface area contributed by atoms with Crippen LogP contribution in [0.5, 0.6) is 5.75 Å². The van der Waals surface area contributed by atoms with Gasteiger partial charge >= 0.3 is 6.03 Å². The molecule has 1 fully saturated rings. The smallest absolute Gasteiger partial charge is 0.325 e. The molecule has 0 aliphatic carbocycles. The van der Waals surface area contributed by atoms with Crippen molar-refractivity contribution in [1.82, 2.24) is 14.8 Å². The summed E-state index contributed by atoms with van der Waals surface area (Å²) in [5, 5.41) is 2.83. The summed E-state index contributed by atoms with van der Waals surface area (Å²) in [7, 11) is 0. The zero-order chi connectivity index (χ0) is 22.5. The Hall–Kier alpha value is -3.81. The summed E-state index contributed by atoms with van der Waals surface area (Å²) in [5.74, 6) is 0.641. The van der Waals surface area contributed by atoms with Crippen LogP contribution in [0.2, 0.25) is 0 Å². The minimum absolute atomic E-state index is 0.287. The highest BCUT2D eigenvalue weighted by Gasteiger charge is 2.55. The predicted molar refractivity (Wildman–Crippen MR) is 115 cm³/mol. The SMILES string of the molecule is Cc1cc(C(=O)CN2C(=O)NC3(CCOc4ccccc43)C2=O)c(C)n1Cc1ccco1. The number of carbonyl (C=O) groups is 3. The van der Waals surface area contributed by atoms with Crippen molar-refractivity contribution in [3.8, 4) is 5.75 Å². The van der Waals surface area contributed by atoms with E-state index in [4.69, 9.17) is 9.15 Å². The molecule has 2 aromatic heterocycles. The first-order valence-corrected chi connectivity index (χ1v) is 10.5.